The maximum atomic E-state index is 12.8. The van der Waals surface area contributed by atoms with Crippen molar-refractivity contribution in [1.82, 2.24) is 14.1 Å². The Morgan fingerprint density at radius 3 is 2.33 bits per heavy atom. The Bertz CT molecular complexity index is 938. The standard InChI is InChI=1S/C23H35ClN4O4S/c1-3-27(4-2)23(30)18-9-14-26(15-10-18)16-11-22(29)25-21-17-19(7-8-20(21)24)33(31,32)28-12-5-6-13-28/h7-8,17-18H,3-6,9-16H2,1-2H3,(H,25,29). The van der Waals surface area contributed by atoms with Crippen LogP contribution < -0.4 is 5.32 Å². The quantitative estimate of drug-likeness (QED) is 0.565. The third kappa shape index (κ3) is 6.47. The first-order valence-corrected chi connectivity index (χ1v) is 13.7. The van der Waals surface area contributed by atoms with Gasteiger partial charge in [0.15, 0.2) is 0 Å². The fourth-order valence-electron chi connectivity index (χ4n) is 4.51. The molecular formula is C23H35ClN4O4S. The Morgan fingerprint density at radius 1 is 1.09 bits per heavy atom. The van der Waals surface area contributed by atoms with Gasteiger partial charge in [0.2, 0.25) is 21.8 Å². The lowest BCUT2D eigenvalue weighted by Crippen LogP contribution is -2.43. The SMILES string of the molecule is CCN(CC)C(=O)C1CCN(CCC(=O)Nc2cc(S(=O)(=O)N3CCCC3)ccc2Cl)CC1. The predicted molar refractivity (Wildman–Crippen MR) is 130 cm³/mol. The summed E-state index contributed by atoms with van der Waals surface area (Å²) in [6, 6.07) is 4.44. The Labute approximate surface area is 202 Å². The Balaban J connectivity index is 1.51. The highest BCUT2D eigenvalue weighted by atomic mass is 35.5. The van der Waals surface area contributed by atoms with Gasteiger partial charge in [-0.15, -0.1) is 0 Å². The number of nitrogens with zero attached hydrogens (tertiary/aromatic N) is 3. The van der Waals surface area contributed by atoms with E-state index in [1.807, 2.05) is 18.7 Å². The first-order valence-electron chi connectivity index (χ1n) is 11.9. The molecule has 0 aromatic heterocycles. The molecule has 2 aliphatic heterocycles. The molecule has 2 amide bonds. The van der Waals surface area contributed by atoms with E-state index in [0.717, 1.165) is 51.9 Å². The van der Waals surface area contributed by atoms with Gasteiger partial charge in [-0.05, 0) is 70.8 Å². The van der Waals surface area contributed by atoms with Crippen molar-refractivity contribution in [2.45, 2.75) is 50.8 Å². The van der Waals surface area contributed by atoms with E-state index in [1.54, 1.807) is 0 Å². The summed E-state index contributed by atoms with van der Waals surface area (Å²) in [5.41, 5.74) is 0.311. The number of anilines is 1. The topological polar surface area (TPSA) is 90.0 Å². The van der Waals surface area contributed by atoms with Crippen molar-refractivity contribution in [2.24, 2.45) is 5.92 Å². The monoisotopic (exact) mass is 498 g/mol. The van der Waals surface area contributed by atoms with E-state index in [2.05, 4.69) is 10.2 Å². The van der Waals surface area contributed by atoms with E-state index >= 15 is 0 Å². The molecule has 2 saturated heterocycles. The van der Waals surface area contributed by atoms with Crippen LogP contribution in [-0.2, 0) is 19.6 Å². The molecule has 0 atom stereocenters. The minimum atomic E-state index is -3.58. The Kier molecular flexibility index (Phi) is 9.15. The molecule has 10 heteroatoms. The number of sulfonamides is 1. The highest BCUT2D eigenvalue weighted by Gasteiger charge is 2.29. The van der Waals surface area contributed by atoms with Crippen molar-refractivity contribution in [3.63, 3.8) is 0 Å². The summed E-state index contributed by atoms with van der Waals surface area (Å²) >= 11 is 6.22. The van der Waals surface area contributed by atoms with Crippen molar-refractivity contribution in [1.29, 1.82) is 0 Å². The van der Waals surface area contributed by atoms with Crippen LogP contribution in [-0.4, -0.2) is 80.2 Å². The number of amides is 2. The number of rotatable bonds is 9. The number of halogens is 1. The zero-order valence-electron chi connectivity index (χ0n) is 19.6. The van der Waals surface area contributed by atoms with Crippen molar-refractivity contribution < 1.29 is 18.0 Å². The normalized spacial score (nSPS) is 18.4. The Hall–Kier alpha value is -1.68. The van der Waals surface area contributed by atoms with Crippen LogP contribution in [0.2, 0.25) is 5.02 Å². The molecule has 0 spiro atoms. The van der Waals surface area contributed by atoms with Crippen molar-refractivity contribution in [2.75, 3.05) is 51.1 Å². The van der Waals surface area contributed by atoms with E-state index < -0.39 is 10.0 Å². The van der Waals surface area contributed by atoms with E-state index in [-0.39, 0.29) is 29.0 Å². The molecule has 0 bridgehead atoms. The molecule has 1 aromatic carbocycles. The maximum absolute atomic E-state index is 12.8. The summed E-state index contributed by atoms with van der Waals surface area (Å²) in [5, 5.41) is 3.07. The molecule has 8 nitrogen and oxygen atoms in total. The number of carbonyl (C=O) groups is 2. The lowest BCUT2D eigenvalue weighted by atomic mass is 9.95. The highest BCUT2D eigenvalue weighted by Crippen LogP contribution is 2.28. The van der Waals surface area contributed by atoms with Gasteiger partial charge in [0.1, 0.15) is 0 Å². The Morgan fingerprint density at radius 2 is 1.73 bits per heavy atom. The van der Waals surface area contributed by atoms with Crippen LogP contribution in [0.1, 0.15) is 46.0 Å². The smallest absolute Gasteiger partial charge is 0.243 e. The van der Waals surface area contributed by atoms with E-state index in [4.69, 9.17) is 11.6 Å². The van der Waals surface area contributed by atoms with Gasteiger partial charge in [0, 0.05) is 45.1 Å². The van der Waals surface area contributed by atoms with Crippen LogP contribution in [0.5, 0.6) is 0 Å². The second kappa shape index (κ2) is 11.6. The van der Waals surface area contributed by atoms with Gasteiger partial charge in [-0.25, -0.2) is 8.42 Å². The summed E-state index contributed by atoms with van der Waals surface area (Å²) in [6.07, 6.45) is 3.60. The molecule has 3 rings (SSSR count). The van der Waals surface area contributed by atoms with Gasteiger partial charge in [-0.1, -0.05) is 11.6 Å². The first kappa shape index (κ1) is 25.9. The molecule has 2 aliphatic rings. The summed E-state index contributed by atoms with van der Waals surface area (Å²) in [6.45, 7) is 8.66. The summed E-state index contributed by atoms with van der Waals surface area (Å²) < 4.78 is 27.1. The van der Waals surface area contributed by atoms with Crippen LogP contribution in [0.4, 0.5) is 5.69 Å². The van der Waals surface area contributed by atoms with Crippen molar-refractivity contribution in [3.8, 4) is 0 Å². The molecule has 1 N–H and O–H groups in total. The van der Waals surface area contributed by atoms with Crippen LogP contribution in [0, 0.1) is 5.92 Å². The summed E-state index contributed by atoms with van der Waals surface area (Å²) in [5.74, 6) is 0.0823. The molecule has 0 radical (unpaired) electrons. The van der Waals surface area contributed by atoms with Crippen LogP contribution in [0.15, 0.2) is 23.1 Å². The van der Waals surface area contributed by atoms with E-state index in [0.29, 0.717) is 30.3 Å². The maximum Gasteiger partial charge on any atom is 0.243 e. The number of hydrogen-bond donors (Lipinski definition) is 1. The number of likely N-dealkylation sites (tertiary alicyclic amines) is 1. The van der Waals surface area contributed by atoms with Crippen molar-refractivity contribution in [3.05, 3.63) is 23.2 Å². The number of piperidine rings is 1. The molecule has 33 heavy (non-hydrogen) atoms. The molecule has 184 valence electrons. The summed E-state index contributed by atoms with van der Waals surface area (Å²) in [4.78, 5) is 29.3. The van der Waals surface area contributed by atoms with Crippen LogP contribution in [0.25, 0.3) is 0 Å². The second-order valence-electron chi connectivity index (χ2n) is 8.68. The van der Waals surface area contributed by atoms with E-state index in [1.165, 1.54) is 22.5 Å². The van der Waals surface area contributed by atoms with Gasteiger partial charge < -0.3 is 15.1 Å². The lowest BCUT2D eigenvalue weighted by molar-refractivity contribution is -0.136. The van der Waals surface area contributed by atoms with Crippen LogP contribution >= 0.6 is 11.6 Å². The zero-order valence-corrected chi connectivity index (χ0v) is 21.1. The number of benzene rings is 1. The molecule has 1 aromatic rings. The average Bonchev–Trinajstić information content (AvgIpc) is 3.36. The molecule has 2 heterocycles. The molecule has 0 unspecified atom stereocenters. The predicted octanol–water partition coefficient (Wildman–Crippen LogP) is 3.03. The summed E-state index contributed by atoms with van der Waals surface area (Å²) in [7, 11) is -3.58. The minimum Gasteiger partial charge on any atom is -0.343 e. The van der Waals surface area contributed by atoms with E-state index in [9.17, 15) is 18.0 Å². The average molecular weight is 499 g/mol. The molecule has 2 fully saturated rings. The number of hydrogen-bond acceptors (Lipinski definition) is 5. The van der Waals surface area contributed by atoms with Gasteiger partial charge in [0.05, 0.1) is 15.6 Å². The van der Waals surface area contributed by atoms with Gasteiger partial charge in [0.25, 0.3) is 0 Å². The van der Waals surface area contributed by atoms with Gasteiger partial charge in [-0.3, -0.25) is 9.59 Å². The molecule has 0 saturated carbocycles. The van der Waals surface area contributed by atoms with Crippen molar-refractivity contribution >= 4 is 39.1 Å². The fraction of sp³-hybridized carbons (Fsp3) is 0.652. The fourth-order valence-corrected chi connectivity index (χ4v) is 6.22. The number of carbonyl (C=O) groups excluding carboxylic acids is 2. The largest absolute Gasteiger partial charge is 0.343 e. The van der Waals surface area contributed by atoms with Crippen LogP contribution in [0.3, 0.4) is 0 Å². The lowest BCUT2D eigenvalue weighted by Gasteiger charge is -2.33. The minimum absolute atomic E-state index is 0.0640. The third-order valence-corrected chi connectivity index (χ3v) is 8.81. The second-order valence-corrected chi connectivity index (χ2v) is 11.0. The highest BCUT2D eigenvalue weighted by molar-refractivity contribution is 7.89. The third-order valence-electron chi connectivity index (χ3n) is 6.58. The number of nitrogens with one attached hydrogen (secondary N) is 1. The molecule has 0 aliphatic carbocycles. The molecular weight excluding hydrogens is 464 g/mol. The first-order chi connectivity index (χ1) is 15.8. The zero-order chi connectivity index (χ0) is 24.0. The van der Waals surface area contributed by atoms with Gasteiger partial charge in [-0.2, -0.15) is 4.31 Å². The van der Waals surface area contributed by atoms with Gasteiger partial charge >= 0.3 is 0 Å².